The van der Waals surface area contributed by atoms with Gasteiger partial charge in [-0.3, -0.25) is 10.9 Å². The number of ether oxygens (including phenoxy) is 2. The van der Waals surface area contributed by atoms with Crippen molar-refractivity contribution >= 4 is 29.8 Å². The molecule has 2 aromatic carbocycles. The molecule has 0 amide bonds. The fourth-order valence-electron chi connectivity index (χ4n) is 1.74. The molecule has 0 fully saturated rings. The van der Waals surface area contributed by atoms with E-state index < -0.39 is 0 Å². The molecule has 0 bridgehead atoms. The van der Waals surface area contributed by atoms with Gasteiger partial charge < -0.3 is 9.47 Å². The van der Waals surface area contributed by atoms with Crippen molar-refractivity contribution in [3.8, 4) is 11.5 Å². The minimum atomic E-state index is 0.296. The highest BCUT2D eigenvalue weighted by Crippen LogP contribution is 2.10. The summed E-state index contributed by atoms with van der Waals surface area (Å²) in [5, 5.41) is 8.37. The standard InChI is InChI=1S/C17H18N4O2S/c1-22-15-7-3-13(4-8-15)11-18-20-17(24)21-19-12-14-5-9-16(23-2)10-6-14/h3-12H,1-2H3,(H2,20,21,24)/b18-11+,19-12+. The van der Waals surface area contributed by atoms with Gasteiger partial charge in [-0.2, -0.15) is 10.2 Å². The molecule has 2 rings (SSSR count). The lowest BCUT2D eigenvalue weighted by molar-refractivity contribution is 0.414. The Morgan fingerprint density at radius 2 is 1.17 bits per heavy atom. The summed E-state index contributed by atoms with van der Waals surface area (Å²) in [6, 6.07) is 15.0. The topological polar surface area (TPSA) is 67.2 Å². The second-order valence-corrected chi connectivity index (χ2v) is 5.02. The van der Waals surface area contributed by atoms with Crippen molar-refractivity contribution in [2.24, 2.45) is 10.2 Å². The van der Waals surface area contributed by atoms with E-state index >= 15 is 0 Å². The van der Waals surface area contributed by atoms with Crippen LogP contribution in [0.4, 0.5) is 0 Å². The Hall–Kier alpha value is -2.93. The van der Waals surface area contributed by atoms with E-state index in [-0.39, 0.29) is 0 Å². The van der Waals surface area contributed by atoms with Gasteiger partial charge >= 0.3 is 0 Å². The van der Waals surface area contributed by atoms with Crippen molar-refractivity contribution in [1.29, 1.82) is 0 Å². The van der Waals surface area contributed by atoms with Crippen LogP contribution < -0.4 is 20.3 Å². The van der Waals surface area contributed by atoms with E-state index in [0.29, 0.717) is 5.11 Å². The van der Waals surface area contributed by atoms with Gasteiger partial charge in [-0.25, -0.2) is 0 Å². The average Bonchev–Trinajstić information content (AvgIpc) is 2.63. The molecule has 2 aromatic rings. The number of hydrazone groups is 2. The summed E-state index contributed by atoms with van der Waals surface area (Å²) in [5.74, 6) is 1.59. The highest BCUT2D eigenvalue weighted by molar-refractivity contribution is 7.80. The number of hydrogen-bond donors (Lipinski definition) is 2. The van der Waals surface area contributed by atoms with Gasteiger partial charge in [0.15, 0.2) is 0 Å². The van der Waals surface area contributed by atoms with Crippen LogP contribution in [0.2, 0.25) is 0 Å². The van der Waals surface area contributed by atoms with Crippen LogP contribution in [0.5, 0.6) is 11.5 Å². The van der Waals surface area contributed by atoms with Gasteiger partial charge in [-0.1, -0.05) is 0 Å². The number of thiocarbonyl (C=S) groups is 1. The molecule has 124 valence electrons. The monoisotopic (exact) mass is 342 g/mol. The molecule has 0 aliphatic heterocycles. The Balaban J connectivity index is 1.77. The highest BCUT2D eigenvalue weighted by Gasteiger charge is 1.93. The lowest BCUT2D eigenvalue weighted by atomic mass is 10.2. The summed E-state index contributed by atoms with van der Waals surface area (Å²) in [6.07, 6.45) is 3.31. The van der Waals surface area contributed by atoms with Crippen LogP contribution in [0, 0.1) is 0 Å². The van der Waals surface area contributed by atoms with E-state index in [9.17, 15) is 0 Å². The van der Waals surface area contributed by atoms with Crippen molar-refractivity contribution in [3.05, 3.63) is 59.7 Å². The molecule has 2 N–H and O–H groups in total. The maximum Gasteiger partial charge on any atom is 0.207 e. The molecular weight excluding hydrogens is 324 g/mol. The Morgan fingerprint density at radius 3 is 1.50 bits per heavy atom. The molecule has 0 radical (unpaired) electrons. The predicted octanol–water partition coefficient (Wildman–Crippen LogP) is 2.54. The molecule has 0 saturated heterocycles. The molecule has 0 saturated carbocycles. The number of hydrogen-bond acceptors (Lipinski definition) is 5. The fourth-order valence-corrected chi connectivity index (χ4v) is 1.84. The van der Waals surface area contributed by atoms with Crippen LogP contribution >= 0.6 is 12.2 Å². The van der Waals surface area contributed by atoms with Crippen LogP contribution in [0.1, 0.15) is 11.1 Å². The Kier molecular flexibility index (Phi) is 6.73. The van der Waals surface area contributed by atoms with Gasteiger partial charge in [0.05, 0.1) is 26.6 Å². The summed E-state index contributed by atoms with van der Waals surface area (Å²) in [7, 11) is 3.25. The second-order valence-electron chi connectivity index (χ2n) is 4.62. The van der Waals surface area contributed by atoms with Gasteiger partial charge in [-0.15, -0.1) is 0 Å². The van der Waals surface area contributed by atoms with Crippen molar-refractivity contribution in [3.63, 3.8) is 0 Å². The summed E-state index contributed by atoms with van der Waals surface area (Å²) in [5.41, 5.74) is 7.23. The van der Waals surface area contributed by atoms with Crippen molar-refractivity contribution < 1.29 is 9.47 Å². The van der Waals surface area contributed by atoms with Crippen LogP contribution in [0.15, 0.2) is 58.7 Å². The molecule has 0 atom stereocenters. The summed E-state index contributed by atoms with van der Waals surface area (Å²) < 4.78 is 10.2. The maximum atomic E-state index is 5.09. The minimum absolute atomic E-state index is 0.296. The lowest BCUT2D eigenvalue weighted by Gasteiger charge is -2.02. The number of nitrogens with one attached hydrogen (secondary N) is 2. The van der Waals surface area contributed by atoms with Gasteiger partial charge in [0.2, 0.25) is 5.11 Å². The number of benzene rings is 2. The quantitative estimate of drug-likeness (QED) is 0.480. The number of nitrogens with zero attached hydrogens (tertiary/aromatic N) is 2. The van der Waals surface area contributed by atoms with Crippen LogP contribution in [-0.2, 0) is 0 Å². The zero-order chi connectivity index (χ0) is 17.2. The normalized spacial score (nSPS) is 10.8. The van der Waals surface area contributed by atoms with Crippen LogP contribution in [0.25, 0.3) is 0 Å². The van der Waals surface area contributed by atoms with Crippen LogP contribution in [-0.4, -0.2) is 31.8 Å². The number of rotatable bonds is 6. The zero-order valence-electron chi connectivity index (χ0n) is 13.4. The first kappa shape index (κ1) is 17.4. The molecular formula is C17H18N4O2S. The first-order chi connectivity index (χ1) is 11.7. The molecule has 0 aromatic heterocycles. The Labute approximate surface area is 146 Å². The lowest BCUT2D eigenvalue weighted by Crippen LogP contribution is -2.28. The third kappa shape index (κ3) is 5.69. The fraction of sp³-hybridized carbons (Fsp3) is 0.118. The smallest absolute Gasteiger partial charge is 0.207 e. The molecule has 0 spiro atoms. The molecule has 0 aliphatic carbocycles. The SMILES string of the molecule is COc1ccc(/C=N/NC(=S)N/N=C/c2ccc(OC)cc2)cc1. The summed E-state index contributed by atoms with van der Waals surface area (Å²) in [4.78, 5) is 0. The predicted molar refractivity (Wildman–Crippen MR) is 100 cm³/mol. The number of methoxy groups -OCH3 is 2. The molecule has 0 unspecified atom stereocenters. The molecule has 0 aliphatic rings. The largest absolute Gasteiger partial charge is 0.497 e. The van der Waals surface area contributed by atoms with Crippen molar-refractivity contribution in [1.82, 2.24) is 10.9 Å². The minimum Gasteiger partial charge on any atom is -0.497 e. The Bertz CT molecular complexity index is 651. The molecule has 24 heavy (non-hydrogen) atoms. The summed E-state index contributed by atoms with van der Waals surface area (Å²) >= 11 is 5.07. The zero-order valence-corrected chi connectivity index (χ0v) is 14.2. The van der Waals surface area contributed by atoms with E-state index in [1.54, 1.807) is 26.6 Å². The molecule has 0 heterocycles. The van der Waals surface area contributed by atoms with Crippen molar-refractivity contribution in [2.75, 3.05) is 14.2 Å². The van der Waals surface area contributed by atoms with E-state index in [0.717, 1.165) is 22.6 Å². The van der Waals surface area contributed by atoms with Gasteiger partial charge in [0.1, 0.15) is 11.5 Å². The van der Waals surface area contributed by atoms with Gasteiger partial charge in [0, 0.05) is 0 Å². The van der Waals surface area contributed by atoms with E-state index in [1.807, 2.05) is 48.5 Å². The first-order valence-electron chi connectivity index (χ1n) is 7.11. The maximum absolute atomic E-state index is 5.09. The highest BCUT2D eigenvalue weighted by atomic mass is 32.1. The van der Waals surface area contributed by atoms with E-state index in [4.69, 9.17) is 21.7 Å². The van der Waals surface area contributed by atoms with Gasteiger partial charge in [0.25, 0.3) is 0 Å². The third-order valence-electron chi connectivity index (χ3n) is 2.99. The molecule has 7 heteroatoms. The van der Waals surface area contributed by atoms with Crippen LogP contribution in [0.3, 0.4) is 0 Å². The summed E-state index contributed by atoms with van der Waals surface area (Å²) in [6.45, 7) is 0. The van der Waals surface area contributed by atoms with E-state index in [2.05, 4.69) is 21.1 Å². The Morgan fingerprint density at radius 1 is 0.792 bits per heavy atom. The first-order valence-corrected chi connectivity index (χ1v) is 7.52. The molecule has 6 nitrogen and oxygen atoms in total. The third-order valence-corrected chi connectivity index (χ3v) is 3.17. The van der Waals surface area contributed by atoms with Gasteiger partial charge in [-0.05, 0) is 71.9 Å². The van der Waals surface area contributed by atoms with E-state index in [1.165, 1.54) is 0 Å². The van der Waals surface area contributed by atoms with Crippen molar-refractivity contribution in [2.45, 2.75) is 0 Å². The average molecular weight is 342 g/mol. The second kappa shape index (κ2) is 9.26.